The SMILES string of the molecule is CC(C)CS(=O)(=O)Nc1cnoc1. The second kappa shape index (κ2) is 3.78. The number of nitrogens with zero attached hydrogens (tertiary/aromatic N) is 1. The molecule has 0 unspecified atom stereocenters. The molecule has 0 atom stereocenters. The second-order valence-electron chi connectivity index (χ2n) is 3.19. The summed E-state index contributed by atoms with van der Waals surface area (Å²) in [6, 6.07) is 0. The van der Waals surface area contributed by atoms with Crippen molar-refractivity contribution >= 4 is 15.7 Å². The van der Waals surface area contributed by atoms with Crippen molar-refractivity contribution in [1.82, 2.24) is 5.16 Å². The lowest BCUT2D eigenvalue weighted by molar-refractivity contribution is 0.420. The fourth-order valence-corrected chi connectivity index (χ4v) is 2.34. The zero-order valence-electron chi connectivity index (χ0n) is 7.52. The second-order valence-corrected chi connectivity index (χ2v) is 4.96. The van der Waals surface area contributed by atoms with E-state index in [0.717, 1.165) is 0 Å². The lowest BCUT2D eigenvalue weighted by atomic mass is 10.3. The van der Waals surface area contributed by atoms with Crippen LogP contribution in [0, 0.1) is 5.92 Å². The van der Waals surface area contributed by atoms with Crippen LogP contribution in [-0.2, 0) is 10.0 Å². The molecule has 0 amide bonds. The molecule has 1 N–H and O–H groups in total. The maximum absolute atomic E-state index is 11.3. The Labute approximate surface area is 77.2 Å². The molecule has 0 aliphatic rings. The van der Waals surface area contributed by atoms with E-state index in [2.05, 4.69) is 14.4 Å². The van der Waals surface area contributed by atoms with Gasteiger partial charge in [0.25, 0.3) is 0 Å². The fourth-order valence-electron chi connectivity index (χ4n) is 0.915. The Balaban J connectivity index is 2.63. The predicted molar refractivity (Wildman–Crippen MR) is 48.8 cm³/mol. The maximum Gasteiger partial charge on any atom is 0.233 e. The average Bonchev–Trinajstić information content (AvgIpc) is 2.34. The largest absolute Gasteiger partial charge is 0.362 e. The van der Waals surface area contributed by atoms with Crippen molar-refractivity contribution in [3.8, 4) is 0 Å². The summed E-state index contributed by atoms with van der Waals surface area (Å²) in [5.74, 6) is 0.190. The Hall–Kier alpha value is -1.04. The molecule has 1 rings (SSSR count). The molecular weight excluding hydrogens is 192 g/mol. The van der Waals surface area contributed by atoms with Crippen molar-refractivity contribution in [1.29, 1.82) is 0 Å². The van der Waals surface area contributed by atoms with Crippen molar-refractivity contribution in [2.75, 3.05) is 10.5 Å². The number of anilines is 1. The minimum absolute atomic E-state index is 0.0948. The first-order chi connectivity index (χ1) is 5.99. The van der Waals surface area contributed by atoms with Crippen LogP contribution >= 0.6 is 0 Å². The monoisotopic (exact) mass is 204 g/mol. The van der Waals surface area contributed by atoms with Gasteiger partial charge in [0.05, 0.1) is 11.9 Å². The average molecular weight is 204 g/mol. The van der Waals surface area contributed by atoms with E-state index < -0.39 is 10.0 Å². The topological polar surface area (TPSA) is 72.2 Å². The molecule has 0 saturated carbocycles. The van der Waals surface area contributed by atoms with Crippen LogP contribution in [0.5, 0.6) is 0 Å². The third-order valence-corrected chi connectivity index (χ3v) is 2.91. The van der Waals surface area contributed by atoms with E-state index in [1.165, 1.54) is 12.5 Å². The summed E-state index contributed by atoms with van der Waals surface area (Å²) in [4.78, 5) is 0. The van der Waals surface area contributed by atoms with Crippen LogP contribution in [0.3, 0.4) is 0 Å². The molecule has 0 aliphatic carbocycles. The third kappa shape index (κ3) is 3.45. The van der Waals surface area contributed by atoms with Gasteiger partial charge >= 0.3 is 0 Å². The van der Waals surface area contributed by atoms with Crippen molar-refractivity contribution in [2.45, 2.75) is 13.8 Å². The van der Waals surface area contributed by atoms with Crippen LogP contribution in [0.4, 0.5) is 5.69 Å². The van der Waals surface area contributed by atoms with E-state index >= 15 is 0 Å². The number of hydrogen-bond acceptors (Lipinski definition) is 4. The van der Waals surface area contributed by atoms with E-state index in [1.54, 1.807) is 0 Å². The standard InChI is InChI=1S/C7H12N2O3S/c1-6(2)5-13(10,11)9-7-3-8-12-4-7/h3-4,6,9H,5H2,1-2H3. The molecule has 0 saturated heterocycles. The molecule has 1 heterocycles. The van der Waals surface area contributed by atoms with Crippen LogP contribution in [0.2, 0.25) is 0 Å². The summed E-state index contributed by atoms with van der Waals surface area (Å²) in [6.07, 6.45) is 2.57. The quantitative estimate of drug-likeness (QED) is 0.796. The van der Waals surface area contributed by atoms with Gasteiger partial charge in [-0.3, -0.25) is 4.72 Å². The summed E-state index contributed by atoms with van der Waals surface area (Å²) in [7, 11) is -3.25. The number of sulfonamides is 1. The van der Waals surface area contributed by atoms with Crippen LogP contribution in [0.15, 0.2) is 17.0 Å². The van der Waals surface area contributed by atoms with Crippen LogP contribution in [-0.4, -0.2) is 19.3 Å². The highest BCUT2D eigenvalue weighted by atomic mass is 32.2. The molecule has 6 heteroatoms. The molecule has 0 aliphatic heterocycles. The minimum Gasteiger partial charge on any atom is -0.362 e. The molecule has 13 heavy (non-hydrogen) atoms. The van der Waals surface area contributed by atoms with Gasteiger partial charge < -0.3 is 4.52 Å². The number of aromatic nitrogens is 1. The van der Waals surface area contributed by atoms with Gasteiger partial charge in [-0.15, -0.1) is 0 Å². The highest BCUT2D eigenvalue weighted by Crippen LogP contribution is 2.08. The fraction of sp³-hybridized carbons (Fsp3) is 0.571. The van der Waals surface area contributed by atoms with Crippen molar-refractivity contribution in [3.05, 3.63) is 12.5 Å². The predicted octanol–water partition coefficient (Wildman–Crippen LogP) is 1.07. The molecule has 74 valence electrons. The van der Waals surface area contributed by atoms with Crippen molar-refractivity contribution in [2.24, 2.45) is 5.92 Å². The van der Waals surface area contributed by atoms with Gasteiger partial charge in [0.15, 0.2) is 0 Å². The molecular formula is C7H12N2O3S. The summed E-state index contributed by atoms with van der Waals surface area (Å²) >= 11 is 0. The first-order valence-electron chi connectivity index (χ1n) is 3.89. The Kier molecular flexibility index (Phi) is 2.92. The van der Waals surface area contributed by atoms with E-state index in [-0.39, 0.29) is 11.7 Å². The summed E-state index contributed by atoms with van der Waals surface area (Å²) in [6.45, 7) is 3.68. The Morgan fingerprint density at radius 1 is 1.62 bits per heavy atom. The Bertz CT molecular complexity index is 342. The molecule has 0 spiro atoms. The number of nitrogens with one attached hydrogen (secondary N) is 1. The number of rotatable bonds is 4. The Morgan fingerprint density at radius 2 is 2.31 bits per heavy atom. The molecule has 0 bridgehead atoms. The van der Waals surface area contributed by atoms with Crippen LogP contribution < -0.4 is 4.72 Å². The Morgan fingerprint density at radius 3 is 2.77 bits per heavy atom. The molecule has 5 nitrogen and oxygen atoms in total. The van der Waals surface area contributed by atoms with Gasteiger partial charge in [-0.2, -0.15) is 0 Å². The lowest BCUT2D eigenvalue weighted by Crippen LogP contribution is -2.19. The van der Waals surface area contributed by atoms with Gasteiger partial charge in [-0.05, 0) is 5.92 Å². The van der Waals surface area contributed by atoms with Crippen molar-refractivity contribution in [3.63, 3.8) is 0 Å². The number of hydrogen-bond donors (Lipinski definition) is 1. The van der Waals surface area contributed by atoms with E-state index in [0.29, 0.717) is 5.69 Å². The van der Waals surface area contributed by atoms with Gasteiger partial charge in [0, 0.05) is 0 Å². The highest BCUT2D eigenvalue weighted by molar-refractivity contribution is 7.92. The minimum atomic E-state index is -3.25. The zero-order valence-corrected chi connectivity index (χ0v) is 8.34. The third-order valence-electron chi connectivity index (χ3n) is 1.26. The normalized spacial score (nSPS) is 11.9. The summed E-state index contributed by atoms with van der Waals surface area (Å²) < 4.78 is 29.5. The van der Waals surface area contributed by atoms with E-state index in [9.17, 15) is 8.42 Å². The lowest BCUT2D eigenvalue weighted by Gasteiger charge is -2.06. The smallest absolute Gasteiger partial charge is 0.233 e. The maximum atomic E-state index is 11.3. The first kappa shape index (κ1) is 10.0. The molecule has 0 fully saturated rings. The van der Waals surface area contributed by atoms with Gasteiger partial charge in [-0.25, -0.2) is 8.42 Å². The summed E-state index contributed by atoms with van der Waals surface area (Å²) in [5.41, 5.74) is 0.362. The summed E-state index contributed by atoms with van der Waals surface area (Å²) in [5, 5.41) is 3.38. The highest BCUT2D eigenvalue weighted by Gasteiger charge is 2.13. The zero-order chi connectivity index (χ0) is 9.90. The molecule has 0 radical (unpaired) electrons. The molecule has 1 aromatic heterocycles. The van der Waals surface area contributed by atoms with E-state index in [1.807, 2.05) is 13.8 Å². The van der Waals surface area contributed by atoms with Gasteiger partial charge in [0.2, 0.25) is 10.0 Å². The van der Waals surface area contributed by atoms with Gasteiger partial charge in [0.1, 0.15) is 12.0 Å². The van der Waals surface area contributed by atoms with E-state index in [4.69, 9.17) is 0 Å². The molecule has 1 aromatic rings. The van der Waals surface area contributed by atoms with Crippen LogP contribution in [0.1, 0.15) is 13.8 Å². The van der Waals surface area contributed by atoms with Crippen molar-refractivity contribution < 1.29 is 12.9 Å². The molecule has 0 aromatic carbocycles. The first-order valence-corrected chi connectivity index (χ1v) is 5.55. The van der Waals surface area contributed by atoms with Gasteiger partial charge in [-0.1, -0.05) is 19.0 Å². The van der Waals surface area contributed by atoms with Crippen LogP contribution in [0.25, 0.3) is 0 Å².